The lowest BCUT2D eigenvalue weighted by atomic mass is 9.82. The van der Waals surface area contributed by atoms with E-state index >= 15 is 0 Å². The molecule has 1 aliphatic heterocycles. The third-order valence-electron chi connectivity index (χ3n) is 5.40. The molecule has 1 aromatic carbocycles. The minimum atomic E-state index is -1.04. The summed E-state index contributed by atoms with van der Waals surface area (Å²) in [6.45, 7) is 1.58. The van der Waals surface area contributed by atoms with Gasteiger partial charge in [0.1, 0.15) is 5.75 Å². The van der Waals surface area contributed by atoms with Gasteiger partial charge in [0.25, 0.3) is 0 Å². The molecule has 1 aliphatic carbocycles. The van der Waals surface area contributed by atoms with Crippen LogP contribution in [-0.4, -0.2) is 42.1 Å². The van der Waals surface area contributed by atoms with Gasteiger partial charge < -0.3 is 14.7 Å². The minimum Gasteiger partial charge on any atom is -0.497 e. The van der Waals surface area contributed by atoms with Crippen molar-refractivity contribution in [3.63, 3.8) is 0 Å². The lowest BCUT2D eigenvalue weighted by Crippen LogP contribution is -2.29. The van der Waals surface area contributed by atoms with Crippen molar-refractivity contribution in [1.29, 1.82) is 0 Å². The summed E-state index contributed by atoms with van der Waals surface area (Å²) in [6, 6.07) is 7.13. The number of ether oxygens (including phenoxy) is 1. The molecule has 0 radical (unpaired) electrons. The van der Waals surface area contributed by atoms with Crippen molar-refractivity contribution < 1.29 is 19.4 Å². The first-order chi connectivity index (χ1) is 12.1. The monoisotopic (exact) mass is 343 g/mol. The molecule has 2 aliphatic rings. The molecule has 0 aromatic heterocycles. The average Bonchev–Trinajstić information content (AvgIpc) is 3.06. The van der Waals surface area contributed by atoms with E-state index in [1.54, 1.807) is 37.5 Å². The van der Waals surface area contributed by atoms with Crippen LogP contribution in [0.15, 0.2) is 29.8 Å². The zero-order chi connectivity index (χ0) is 17.8. The van der Waals surface area contributed by atoms with Crippen molar-refractivity contribution in [3.8, 4) is 5.75 Å². The molecular weight excluding hydrogens is 318 g/mol. The number of carbonyl (C=O) groups is 2. The van der Waals surface area contributed by atoms with E-state index in [-0.39, 0.29) is 17.9 Å². The zero-order valence-electron chi connectivity index (χ0n) is 14.6. The molecule has 2 fully saturated rings. The van der Waals surface area contributed by atoms with Crippen molar-refractivity contribution in [2.24, 2.45) is 11.8 Å². The minimum absolute atomic E-state index is 0.0548. The summed E-state index contributed by atoms with van der Waals surface area (Å²) in [5.41, 5.74) is 0.881. The first-order valence-electron chi connectivity index (χ1n) is 8.92. The van der Waals surface area contributed by atoms with Crippen LogP contribution in [0.25, 0.3) is 6.08 Å². The van der Waals surface area contributed by atoms with Crippen LogP contribution in [0.2, 0.25) is 0 Å². The van der Waals surface area contributed by atoms with Crippen LogP contribution in [0, 0.1) is 11.8 Å². The quantitative estimate of drug-likeness (QED) is 0.834. The molecule has 1 aromatic rings. The summed E-state index contributed by atoms with van der Waals surface area (Å²) in [4.78, 5) is 26.0. The van der Waals surface area contributed by atoms with Gasteiger partial charge in [-0.3, -0.25) is 4.79 Å². The molecule has 0 spiro atoms. The maximum atomic E-state index is 12.6. The van der Waals surface area contributed by atoms with E-state index < -0.39 is 5.97 Å². The fourth-order valence-electron chi connectivity index (χ4n) is 3.97. The normalized spacial score (nSPS) is 23.2. The zero-order valence-corrected chi connectivity index (χ0v) is 14.6. The number of carbonyl (C=O) groups excluding carboxylic acids is 1. The molecule has 1 saturated heterocycles. The fourth-order valence-corrected chi connectivity index (χ4v) is 3.97. The highest BCUT2D eigenvalue weighted by Crippen LogP contribution is 2.36. The molecule has 0 unspecified atom stereocenters. The van der Waals surface area contributed by atoms with Crippen LogP contribution in [0.5, 0.6) is 5.75 Å². The van der Waals surface area contributed by atoms with E-state index in [0.29, 0.717) is 17.6 Å². The Bertz CT molecular complexity index is 651. The van der Waals surface area contributed by atoms with Crippen LogP contribution in [0.3, 0.4) is 0 Å². The Morgan fingerprint density at radius 3 is 2.28 bits per heavy atom. The number of fused-ring (bicyclic) bond motifs is 1. The highest BCUT2D eigenvalue weighted by atomic mass is 16.5. The smallest absolute Gasteiger partial charge is 0.332 e. The van der Waals surface area contributed by atoms with Gasteiger partial charge in [-0.05, 0) is 48.4 Å². The van der Waals surface area contributed by atoms with Gasteiger partial charge >= 0.3 is 5.97 Å². The molecule has 1 N–H and O–H groups in total. The van der Waals surface area contributed by atoms with Crippen LogP contribution >= 0.6 is 0 Å². The molecule has 0 bridgehead atoms. The number of methoxy groups -OCH3 is 1. The van der Waals surface area contributed by atoms with Crippen molar-refractivity contribution in [2.75, 3.05) is 20.2 Å². The number of carboxylic acid groups (broad SMARTS) is 1. The largest absolute Gasteiger partial charge is 0.497 e. The third kappa shape index (κ3) is 4.21. The second-order valence-electron chi connectivity index (χ2n) is 7.03. The number of hydrogen-bond acceptors (Lipinski definition) is 3. The number of rotatable bonds is 5. The Labute approximate surface area is 148 Å². The predicted octanol–water partition coefficient (Wildman–Crippen LogP) is 3.20. The molecule has 2 atom stereocenters. The Morgan fingerprint density at radius 2 is 1.76 bits per heavy atom. The fraction of sp³-hybridized carbons (Fsp3) is 0.500. The van der Waals surface area contributed by atoms with E-state index in [0.717, 1.165) is 18.7 Å². The van der Waals surface area contributed by atoms with Gasteiger partial charge in [-0.1, -0.05) is 25.0 Å². The van der Waals surface area contributed by atoms with Crippen molar-refractivity contribution in [3.05, 3.63) is 35.4 Å². The summed E-state index contributed by atoms with van der Waals surface area (Å²) in [5.74, 6) is 0.815. The number of hydrogen-bond donors (Lipinski definition) is 1. The van der Waals surface area contributed by atoms with Gasteiger partial charge in [0.05, 0.1) is 13.5 Å². The first kappa shape index (κ1) is 17.5. The lowest BCUT2D eigenvalue weighted by Gasteiger charge is -2.22. The second kappa shape index (κ2) is 7.72. The van der Waals surface area contributed by atoms with Gasteiger partial charge in [-0.2, -0.15) is 0 Å². The van der Waals surface area contributed by atoms with Crippen LogP contribution in [0.1, 0.15) is 37.7 Å². The maximum absolute atomic E-state index is 12.6. The second-order valence-corrected chi connectivity index (χ2v) is 7.03. The number of amides is 1. The number of carboxylic acids is 1. The molecule has 5 heteroatoms. The lowest BCUT2D eigenvalue weighted by molar-refractivity contribution is -0.136. The Hall–Kier alpha value is -2.30. The average molecular weight is 343 g/mol. The van der Waals surface area contributed by atoms with Gasteiger partial charge in [0, 0.05) is 18.7 Å². The van der Waals surface area contributed by atoms with Gasteiger partial charge in [-0.15, -0.1) is 0 Å². The van der Waals surface area contributed by atoms with E-state index in [4.69, 9.17) is 4.74 Å². The molecular formula is C20H25NO4. The van der Waals surface area contributed by atoms with Crippen LogP contribution in [-0.2, 0) is 9.59 Å². The highest BCUT2D eigenvalue weighted by molar-refractivity contribution is 5.98. The molecule has 134 valence electrons. The van der Waals surface area contributed by atoms with E-state index in [1.807, 2.05) is 4.90 Å². The summed E-state index contributed by atoms with van der Waals surface area (Å²) < 4.78 is 5.10. The van der Waals surface area contributed by atoms with Crippen molar-refractivity contribution in [2.45, 2.75) is 32.1 Å². The van der Waals surface area contributed by atoms with E-state index in [9.17, 15) is 14.7 Å². The summed E-state index contributed by atoms with van der Waals surface area (Å²) >= 11 is 0. The number of likely N-dealkylation sites (tertiary alicyclic amines) is 1. The van der Waals surface area contributed by atoms with Crippen LogP contribution in [0.4, 0.5) is 0 Å². The molecule has 3 rings (SSSR count). The van der Waals surface area contributed by atoms with Crippen LogP contribution < -0.4 is 4.74 Å². The molecule has 5 nitrogen and oxygen atoms in total. The predicted molar refractivity (Wildman–Crippen MR) is 95.3 cm³/mol. The maximum Gasteiger partial charge on any atom is 0.332 e. The molecule has 25 heavy (non-hydrogen) atoms. The highest BCUT2D eigenvalue weighted by Gasteiger charge is 2.36. The molecule has 1 saturated carbocycles. The molecule has 1 heterocycles. The number of nitrogens with zero attached hydrogens (tertiary/aromatic N) is 1. The summed E-state index contributed by atoms with van der Waals surface area (Å²) in [7, 11) is 1.58. The van der Waals surface area contributed by atoms with Gasteiger partial charge in [-0.25, -0.2) is 4.79 Å². The Balaban J connectivity index is 1.67. The van der Waals surface area contributed by atoms with E-state index in [2.05, 4.69) is 0 Å². The Morgan fingerprint density at radius 1 is 1.16 bits per heavy atom. The third-order valence-corrected chi connectivity index (χ3v) is 5.40. The standard InChI is InChI=1S/C20H25NO4/c1-25-18-8-6-14(7-9-18)10-17(20(23)24)11-19(22)21-12-15-4-2-3-5-16(15)13-21/h6-10,15-16H,2-5,11-13H2,1H3,(H,23,24)/b17-10+/t15-,16+. The topological polar surface area (TPSA) is 66.8 Å². The van der Waals surface area contributed by atoms with Crippen molar-refractivity contribution >= 4 is 18.0 Å². The van der Waals surface area contributed by atoms with Gasteiger partial charge in [0.2, 0.25) is 5.91 Å². The van der Waals surface area contributed by atoms with E-state index in [1.165, 1.54) is 25.7 Å². The summed E-state index contributed by atoms with van der Waals surface area (Å²) in [5, 5.41) is 9.47. The molecule has 1 amide bonds. The SMILES string of the molecule is COc1ccc(/C=C(\CC(=O)N2C[C@H]3CCCC[C@H]3C2)C(=O)O)cc1. The number of benzene rings is 1. The van der Waals surface area contributed by atoms with Gasteiger partial charge in [0.15, 0.2) is 0 Å². The number of aliphatic carboxylic acids is 1. The van der Waals surface area contributed by atoms with Crippen molar-refractivity contribution in [1.82, 2.24) is 4.90 Å². The first-order valence-corrected chi connectivity index (χ1v) is 8.92. The summed E-state index contributed by atoms with van der Waals surface area (Å²) in [6.07, 6.45) is 6.41. The Kier molecular flexibility index (Phi) is 5.41.